The van der Waals surface area contributed by atoms with Crippen LogP contribution in [0, 0.1) is 6.92 Å². The van der Waals surface area contributed by atoms with Gasteiger partial charge in [0, 0.05) is 17.4 Å². The molecule has 1 aliphatic carbocycles. The maximum atomic E-state index is 4.68. The van der Waals surface area contributed by atoms with E-state index in [4.69, 9.17) is 0 Å². The molecule has 1 fully saturated rings. The summed E-state index contributed by atoms with van der Waals surface area (Å²) in [4.78, 5) is 4.68. The maximum Gasteiger partial charge on any atom is 0.208 e. The van der Waals surface area contributed by atoms with E-state index in [0.717, 1.165) is 17.3 Å². The normalized spacial score (nSPS) is 17.9. The van der Waals surface area contributed by atoms with Crippen molar-refractivity contribution >= 4 is 5.95 Å². The highest BCUT2D eigenvalue weighted by atomic mass is 15.2. The topological polar surface area (TPSA) is 29.9 Å². The average Bonchev–Trinajstić information content (AvgIpc) is 2.80. The van der Waals surface area contributed by atoms with E-state index in [2.05, 4.69) is 52.3 Å². The molecule has 0 unspecified atom stereocenters. The Hall–Kier alpha value is -1.77. The SMILES string of the molecule is Cc1cn(-c2ccccc2)c(NC2(C)CCCCC2)n1. The molecule has 0 saturated heterocycles. The average molecular weight is 269 g/mol. The van der Waals surface area contributed by atoms with Gasteiger partial charge < -0.3 is 5.32 Å². The molecule has 1 N–H and O–H groups in total. The Labute approximate surface area is 121 Å². The second-order valence-corrected chi connectivity index (χ2v) is 6.16. The van der Waals surface area contributed by atoms with E-state index in [1.54, 1.807) is 0 Å². The van der Waals surface area contributed by atoms with E-state index in [9.17, 15) is 0 Å². The minimum Gasteiger partial charge on any atom is -0.350 e. The highest BCUT2D eigenvalue weighted by molar-refractivity contribution is 5.44. The summed E-state index contributed by atoms with van der Waals surface area (Å²) in [7, 11) is 0. The van der Waals surface area contributed by atoms with Crippen LogP contribution in [0.2, 0.25) is 0 Å². The van der Waals surface area contributed by atoms with Crippen molar-refractivity contribution in [2.45, 2.75) is 51.5 Å². The molecule has 3 nitrogen and oxygen atoms in total. The van der Waals surface area contributed by atoms with Crippen molar-refractivity contribution in [3.05, 3.63) is 42.2 Å². The summed E-state index contributed by atoms with van der Waals surface area (Å²) in [5, 5.41) is 3.70. The first-order valence-corrected chi connectivity index (χ1v) is 7.56. The van der Waals surface area contributed by atoms with Crippen molar-refractivity contribution in [2.75, 3.05) is 5.32 Å². The Morgan fingerprint density at radius 3 is 2.50 bits per heavy atom. The van der Waals surface area contributed by atoms with Crippen molar-refractivity contribution in [3.63, 3.8) is 0 Å². The molecule has 0 spiro atoms. The summed E-state index contributed by atoms with van der Waals surface area (Å²) >= 11 is 0. The highest BCUT2D eigenvalue weighted by Crippen LogP contribution is 2.31. The number of imidazole rings is 1. The molecule has 20 heavy (non-hydrogen) atoms. The van der Waals surface area contributed by atoms with Crippen LogP contribution in [-0.2, 0) is 0 Å². The lowest BCUT2D eigenvalue weighted by molar-refractivity contribution is 0.347. The Morgan fingerprint density at radius 2 is 1.80 bits per heavy atom. The first-order chi connectivity index (χ1) is 9.66. The van der Waals surface area contributed by atoms with Gasteiger partial charge in [-0.3, -0.25) is 4.57 Å². The van der Waals surface area contributed by atoms with Gasteiger partial charge in [0.2, 0.25) is 5.95 Å². The number of nitrogens with one attached hydrogen (secondary N) is 1. The van der Waals surface area contributed by atoms with Gasteiger partial charge in [0.1, 0.15) is 0 Å². The monoisotopic (exact) mass is 269 g/mol. The third-order valence-electron chi connectivity index (χ3n) is 4.23. The highest BCUT2D eigenvalue weighted by Gasteiger charge is 2.28. The molecule has 106 valence electrons. The lowest BCUT2D eigenvalue weighted by atomic mass is 9.83. The number of aromatic nitrogens is 2. The van der Waals surface area contributed by atoms with E-state index in [-0.39, 0.29) is 5.54 Å². The molecular weight excluding hydrogens is 246 g/mol. The van der Waals surface area contributed by atoms with Crippen molar-refractivity contribution in [1.29, 1.82) is 0 Å². The predicted molar refractivity (Wildman–Crippen MR) is 83.4 cm³/mol. The summed E-state index contributed by atoms with van der Waals surface area (Å²) in [5.74, 6) is 0.970. The zero-order valence-electron chi connectivity index (χ0n) is 12.4. The number of benzene rings is 1. The summed E-state index contributed by atoms with van der Waals surface area (Å²) in [6.07, 6.45) is 8.55. The predicted octanol–water partition coefficient (Wildman–Crippen LogP) is 4.32. The van der Waals surface area contributed by atoms with Crippen LogP contribution in [-0.4, -0.2) is 15.1 Å². The third-order valence-corrected chi connectivity index (χ3v) is 4.23. The second-order valence-electron chi connectivity index (χ2n) is 6.16. The van der Waals surface area contributed by atoms with Gasteiger partial charge in [0.05, 0.1) is 5.69 Å². The minimum atomic E-state index is 0.183. The third kappa shape index (κ3) is 2.72. The molecule has 3 rings (SSSR count). The maximum absolute atomic E-state index is 4.68. The van der Waals surface area contributed by atoms with Crippen molar-refractivity contribution in [1.82, 2.24) is 9.55 Å². The van der Waals surface area contributed by atoms with Crippen LogP contribution >= 0.6 is 0 Å². The zero-order valence-corrected chi connectivity index (χ0v) is 12.4. The van der Waals surface area contributed by atoms with Crippen molar-refractivity contribution < 1.29 is 0 Å². The molecule has 1 aromatic carbocycles. The van der Waals surface area contributed by atoms with Crippen LogP contribution in [0.15, 0.2) is 36.5 Å². The van der Waals surface area contributed by atoms with Gasteiger partial charge in [-0.25, -0.2) is 4.98 Å². The van der Waals surface area contributed by atoms with Crippen molar-refractivity contribution in [2.24, 2.45) is 0 Å². The van der Waals surface area contributed by atoms with Gasteiger partial charge in [-0.15, -0.1) is 0 Å². The number of rotatable bonds is 3. The Kier molecular flexibility index (Phi) is 3.51. The first kappa shape index (κ1) is 13.2. The molecule has 2 aromatic rings. The Bertz CT molecular complexity index is 565. The van der Waals surface area contributed by atoms with E-state index >= 15 is 0 Å². The lowest BCUT2D eigenvalue weighted by Crippen LogP contribution is -2.37. The minimum absolute atomic E-state index is 0.183. The Balaban J connectivity index is 1.90. The lowest BCUT2D eigenvalue weighted by Gasteiger charge is -2.35. The fourth-order valence-corrected chi connectivity index (χ4v) is 3.10. The summed E-state index contributed by atoms with van der Waals surface area (Å²) in [6, 6.07) is 10.4. The van der Waals surface area contributed by atoms with E-state index < -0.39 is 0 Å². The number of anilines is 1. The second kappa shape index (κ2) is 5.31. The van der Waals surface area contributed by atoms with Crippen LogP contribution < -0.4 is 5.32 Å². The van der Waals surface area contributed by atoms with E-state index in [1.165, 1.54) is 32.1 Å². The molecule has 1 aromatic heterocycles. The van der Waals surface area contributed by atoms with Gasteiger partial charge in [-0.1, -0.05) is 37.5 Å². The summed E-state index contributed by atoms with van der Waals surface area (Å²) in [5.41, 5.74) is 2.40. The summed E-state index contributed by atoms with van der Waals surface area (Å²) in [6.45, 7) is 4.37. The largest absolute Gasteiger partial charge is 0.350 e. The molecule has 1 heterocycles. The van der Waals surface area contributed by atoms with E-state index in [1.807, 2.05) is 13.0 Å². The fourth-order valence-electron chi connectivity index (χ4n) is 3.10. The quantitative estimate of drug-likeness (QED) is 0.899. The standard InChI is InChI=1S/C17H23N3/c1-14-13-20(15-9-5-3-6-10-15)16(18-14)19-17(2)11-7-4-8-12-17/h3,5-6,9-10,13H,4,7-8,11-12H2,1-2H3,(H,18,19). The molecule has 0 atom stereocenters. The number of para-hydroxylation sites is 1. The number of hydrogen-bond acceptors (Lipinski definition) is 2. The van der Waals surface area contributed by atoms with Gasteiger partial charge in [-0.05, 0) is 38.8 Å². The molecule has 0 radical (unpaired) electrons. The van der Waals surface area contributed by atoms with Crippen LogP contribution in [0.1, 0.15) is 44.7 Å². The molecule has 0 aliphatic heterocycles. The molecule has 0 bridgehead atoms. The van der Waals surface area contributed by atoms with E-state index in [0.29, 0.717) is 0 Å². The van der Waals surface area contributed by atoms with Crippen LogP contribution in [0.5, 0.6) is 0 Å². The molecule has 1 aliphatic rings. The van der Waals surface area contributed by atoms with Gasteiger partial charge in [-0.2, -0.15) is 0 Å². The van der Waals surface area contributed by atoms with Gasteiger partial charge in [0.25, 0.3) is 0 Å². The first-order valence-electron chi connectivity index (χ1n) is 7.56. The van der Waals surface area contributed by atoms with Crippen LogP contribution in [0.25, 0.3) is 5.69 Å². The molecular formula is C17H23N3. The number of nitrogens with zero attached hydrogens (tertiary/aromatic N) is 2. The fraction of sp³-hybridized carbons (Fsp3) is 0.471. The Morgan fingerprint density at radius 1 is 1.10 bits per heavy atom. The zero-order chi connectivity index (χ0) is 14.0. The molecule has 1 saturated carbocycles. The van der Waals surface area contributed by atoms with Gasteiger partial charge >= 0.3 is 0 Å². The molecule has 3 heteroatoms. The van der Waals surface area contributed by atoms with Crippen LogP contribution in [0.3, 0.4) is 0 Å². The number of hydrogen-bond donors (Lipinski definition) is 1. The smallest absolute Gasteiger partial charge is 0.208 e. The van der Waals surface area contributed by atoms with Gasteiger partial charge in [0.15, 0.2) is 0 Å². The number of aryl methyl sites for hydroxylation is 1. The van der Waals surface area contributed by atoms with Crippen LogP contribution in [0.4, 0.5) is 5.95 Å². The summed E-state index contributed by atoms with van der Waals surface area (Å²) < 4.78 is 2.16. The van der Waals surface area contributed by atoms with Crippen molar-refractivity contribution in [3.8, 4) is 5.69 Å². The molecule has 0 amide bonds.